The SMILES string of the molecule is COc1ccc2c(c1)C(c1ccccc1)NC(=O)N2CC(F)(F)C(F)F. The van der Waals surface area contributed by atoms with Crippen LogP contribution in [0.3, 0.4) is 0 Å². The van der Waals surface area contributed by atoms with E-state index < -0.39 is 31.0 Å². The molecule has 1 atom stereocenters. The molecule has 138 valence electrons. The molecule has 2 aromatic carbocycles. The highest BCUT2D eigenvalue weighted by atomic mass is 19.3. The van der Waals surface area contributed by atoms with Gasteiger partial charge in [0.2, 0.25) is 0 Å². The van der Waals surface area contributed by atoms with Crippen molar-refractivity contribution in [3.8, 4) is 5.75 Å². The number of alkyl halides is 4. The maximum Gasteiger partial charge on any atom is 0.325 e. The summed E-state index contributed by atoms with van der Waals surface area (Å²) >= 11 is 0. The van der Waals surface area contributed by atoms with Crippen molar-refractivity contribution in [2.24, 2.45) is 0 Å². The third-order valence-electron chi connectivity index (χ3n) is 4.17. The van der Waals surface area contributed by atoms with Crippen LogP contribution in [0.1, 0.15) is 17.2 Å². The number of carbonyl (C=O) groups excluding carboxylic acids is 1. The molecule has 4 nitrogen and oxygen atoms in total. The topological polar surface area (TPSA) is 41.6 Å². The molecule has 3 rings (SSSR count). The van der Waals surface area contributed by atoms with Crippen LogP contribution in [0, 0.1) is 0 Å². The van der Waals surface area contributed by atoms with Crippen LogP contribution >= 0.6 is 0 Å². The summed E-state index contributed by atoms with van der Waals surface area (Å²) in [6, 6.07) is 11.9. The minimum Gasteiger partial charge on any atom is -0.497 e. The molecule has 0 saturated heterocycles. The van der Waals surface area contributed by atoms with E-state index in [2.05, 4.69) is 5.32 Å². The maximum absolute atomic E-state index is 13.6. The predicted molar refractivity (Wildman–Crippen MR) is 88.1 cm³/mol. The normalized spacial score (nSPS) is 17.1. The van der Waals surface area contributed by atoms with Gasteiger partial charge in [-0.1, -0.05) is 30.3 Å². The number of benzene rings is 2. The molecule has 0 fully saturated rings. The van der Waals surface area contributed by atoms with Crippen molar-refractivity contribution in [1.82, 2.24) is 5.32 Å². The number of anilines is 1. The smallest absolute Gasteiger partial charge is 0.325 e. The lowest BCUT2D eigenvalue weighted by molar-refractivity contribution is -0.120. The third kappa shape index (κ3) is 3.31. The van der Waals surface area contributed by atoms with E-state index in [4.69, 9.17) is 4.74 Å². The van der Waals surface area contributed by atoms with Gasteiger partial charge in [0, 0.05) is 5.56 Å². The summed E-state index contributed by atoms with van der Waals surface area (Å²) in [4.78, 5) is 13.0. The van der Waals surface area contributed by atoms with E-state index in [-0.39, 0.29) is 5.69 Å². The average molecular weight is 368 g/mol. The van der Waals surface area contributed by atoms with E-state index in [1.165, 1.54) is 19.2 Å². The largest absolute Gasteiger partial charge is 0.497 e. The van der Waals surface area contributed by atoms with Crippen LogP contribution in [-0.2, 0) is 0 Å². The van der Waals surface area contributed by atoms with Gasteiger partial charge in [-0.3, -0.25) is 4.90 Å². The van der Waals surface area contributed by atoms with Gasteiger partial charge in [0.05, 0.1) is 25.4 Å². The van der Waals surface area contributed by atoms with Crippen LogP contribution in [-0.4, -0.2) is 32.0 Å². The number of nitrogens with one attached hydrogen (secondary N) is 1. The van der Waals surface area contributed by atoms with Gasteiger partial charge in [0.25, 0.3) is 0 Å². The summed E-state index contributed by atoms with van der Waals surface area (Å²) in [5.41, 5.74) is 1.36. The van der Waals surface area contributed by atoms with E-state index in [9.17, 15) is 22.4 Å². The van der Waals surface area contributed by atoms with Crippen LogP contribution in [0.4, 0.5) is 28.0 Å². The van der Waals surface area contributed by atoms with E-state index >= 15 is 0 Å². The van der Waals surface area contributed by atoms with Crippen LogP contribution < -0.4 is 15.0 Å². The summed E-state index contributed by atoms with van der Waals surface area (Å²) in [6.45, 7) is -1.42. The molecule has 2 aromatic rings. The summed E-state index contributed by atoms with van der Waals surface area (Å²) < 4.78 is 57.5. The van der Waals surface area contributed by atoms with Gasteiger partial charge in [-0.25, -0.2) is 13.6 Å². The Labute approximate surface area is 147 Å². The fraction of sp³-hybridized carbons (Fsp3) is 0.278. The van der Waals surface area contributed by atoms with Crippen molar-refractivity contribution in [3.05, 3.63) is 59.7 Å². The number of hydrogen-bond acceptors (Lipinski definition) is 2. The molecule has 1 aliphatic rings. The third-order valence-corrected chi connectivity index (χ3v) is 4.17. The second kappa shape index (κ2) is 6.86. The first kappa shape index (κ1) is 18.0. The number of rotatable bonds is 5. The Hall–Kier alpha value is -2.77. The highest BCUT2D eigenvalue weighted by molar-refractivity contribution is 5.96. The fourth-order valence-electron chi connectivity index (χ4n) is 2.87. The standard InChI is InChI=1S/C18H16F4N2O2/c1-26-12-7-8-14-13(9-12)15(11-5-3-2-4-6-11)23-17(25)24(14)10-18(21,22)16(19)20/h2-9,15-16H,10H2,1H3,(H,23,25). The van der Waals surface area contributed by atoms with E-state index in [0.717, 1.165) is 5.56 Å². The molecule has 0 spiro atoms. The predicted octanol–water partition coefficient (Wildman–Crippen LogP) is 4.21. The van der Waals surface area contributed by atoms with Crippen LogP contribution in [0.5, 0.6) is 5.75 Å². The zero-order valence-corrected chi connectivity index (χ0v) is 13.8. The lowest BCUT2D eigenvalue weighted by atomic mass is 9.94. The van der Waals surface area contributed by atoms with Gasteiger partial charge in [0.15, 0.2) is 0 Å². The van der Waals surface area contributed by atoms with Crippen molar-refractivity contribution in [2.45, 2.75) is 18.4 Å². The molecule has 1 aliphatic heterocycles. The average Bonchev–Trinajstić information content (AvgIpc) is 2.63. The number of fused-ring (bicyclic) bond motifs is 1. The molecule has 0 saturated carbocycles. The second-order valence-electron chi connectivity index (χ2n) is 5.87. The minimum atomic E-state index is -4.33. The van der Waals surface area contributed by atoms with Crippen molar-refractivity contribution >= 4 is 11.7 Å². The van der Waals surface area contributed by atoms with Gasteiger partial charge < -0.3 is 10.1 Å². The number of methoxy groups -OCH3 is 1. The zero-order chi connectivity index (χ0) is 18.9. The Morgan fingerprint density at radius 3 is 2.50 bits per heavy atom. The number of carbonyl (C=O) groups is 1. The van der Waals surface area contributed by atoms with Crippen molar-refractivity contribution in [1.29, 1.82) is 0 Å². The molecule has 1 N–H and O–H groups in total. The Morgan fingerprint density at radius 2 is 1.88 bits per heavy atom. The molecule has 8 heteroatoms. The Balaban J connectivity index is 2.07. The molecule has 2 amide bonds. The number of urea groups is 1. The zero-order valence-electron chi connectivity index (χ0n) is 13.8. The monoisotopic (exact) mass is 368 g/mol. The molecular weight excluding hydrogens is 352 g/mol. The van der Waals surface area contributed by atoms with Gasteiger partial charge in [0.1, 0.15) is 5.75 Å². The number of amides is 2. The molecule has 0 aromatic heterocycles. The van der Waals surface area contributed by atoms with Crippen LogP contribution in [0.15, 0.2) is 48.5 Å². The molecule has 26 heavy (non-hydrogen) atoms. The fourth-order valence-corrected chi connectivity index (χ4v) is 2.87. The molecule has 1 heterocycles. The first-order chi connectivity index (χ1) is 12.3. The van der Waals surface area contributed by atoms with Crippen molar-refractivity contribution < 1.29 is 27.1 Å². The van der Waals surface area contributed by atoms with Gasteiger partial charge in [-0.05, 0) is 23.8 Å². The lowest BCUT2D eigenvalue weighted by Gasteiger charge is -2.37. The second-order valence-corrected chi connectivity index (χ2v) is 5.87. The maximum atomic E-state index is 13.6. The highest BCUT2D eigenvalue weighted by Crippen LogP contribution is 2.39. The van der Waals surface area contributed by atoms with E-state index in [1.54, 1.807) is 36.4 Å². The van der Waals surface area contributed by atoms with Crippen molar-refractivity contribution in [2.75, 3.05) is 18.6 Å². The van der Waals surface area contributed by atoms with Crippen LogP contribution in [0.25, 0.3) is 0 Å². The number of halogens is 4. The molecule has 0 radical (unpaired) electrons. The number of nitrogens with zero attached hydrogens (tertiary/aromatic N) is 1. The first-order valence-corrected chi connectivity index (χ1v) is 7.80. The Morgan fingerprint density at radius 1 is 1.19 bits per heavy atom. The molecular formula is C18H16F4N2O2. The van der Waals surface area contributed by atoms with Gasteiger partial charge in [-0.2, -0.15) is 8.78 Å². The van der Waals surface area contributed by atoms with Crippen molar-refractivity contribution in [3.63, 3.8) is 0 Å². The quantitative estimate of drug-likeness (QED) is 0.803. The Bertz CT molecular complexity index is 799. The number of ether oxygens (including phenoxy) is 1. The molecule has 1 unspecified atom stereocenters. The van der Waals surface area contributed by atoms with Gasteiger partial charge in [-0.15, -0.1) is 0 Å². The summed E-state index contributed by atoms with van der Waals surface area (Å²) in [6.07, 6.45) is -3.87. The minimum absolute atomic E-state index is 0.142. The lowest BCUT2D eigenvalue weighted by Crippen LogP contribution is -2.52. The summed E-state index contributed by atoms with van der Waals surface area (Å²) in [5, 5.41) is 2.60. The summed E-state index contributed by atoms with van der Waals surface area (Å²) in [7, 11) is 1.45. The number of hydrogen-bond donors (Lipinski definition) is 1. The Kier molecular flexibility index (Phi) is 4.76. The molecule has 0 aliphatic carbocycles. The highest BCUT2D eigenvalue weighted by Gasteiger charge is 2.45. The molecule has 0 bridgehead atoms. The first-order valence-electron chi connectivity index (χ1n) is 7.80. The summed E-state index contributed by atoms with van der Waals surface area (Å²) in [5.74, 6) is -3.87. The van der Waals surface area contributed by atoms with Crippen LogP contribution in [0.2, 0.25) is 0 Å². The van der Waals surface area contributed by atoms with E-state index in [0.29, 0.717) is 16.2 Å². The van der Waals surface area contributed by atoms with Gasteiger partial charge >= 0.3 is 18.4 Å². The van der Waals surface area contributed by atoms with E-state index in [1.807, 2.05) is 0 Å².